The lowest BCUT2D eigenvalue weighted by atomic mass is 9.94. The minimum Gasteiger partial charge on any atom is -0.496 e. The van der Waals surface area contributed by atoms with Crippen molar-refractivity contribution in [3.8, 4) is 11.5 Å². The van der Waals surface area contributed by atoms with E-state index in [2.05, 4.69) is 20.4 Å². The number of unbranched alkanes of at least 4 members (excludes halogenated alkanes) is 8. The maximum Gasteiger partial charge on any atom is 0.342 e. The lowest BCUT2D eigenvalue weighted by Crippen LogP contribution is -2.11. The van der Waals surface area contributed by atoms with Gasteiger partial charge in [-0.25, -0.2) is 4.79 Å². The Hall–Kier alpha value is -3.29. The van der Waals surface area contributed by atoms with Gasteiger partial charge in [-0.1, -0.05) is 69.2 Å². The van der Waals surface area contributed by atoms with Crippen LogP contribution in [0.25, 0.3) is 0 Å². The third-order valence-corrected chi connectivity index (χ3v) is 7.44. The molecule has 0 aromatic heterocycles. The van der Waals surface area contributed by atoms with E-state index in [0.29, 0.717) is 49.4 Å². The Morgan fingerprint density at radius 1 is 0.930 bits per heavy atom. The molecule has 1 aliphatic heterocycles. The molecule has 1 aromatic carbocycles. The molecular weight excluding hydrogens is 548 g/mol. The van der Waals surface area contributed by atoms with Crippen LogP contribution in [-0.4, -0.2) is 44.3 Å². The van der Waals surface area contributed by atoms with Crippen molar-refractivity contribution in [3.05, 3.63) is 60.4 Å². The summed E-state index contributed by atoms with van der Waals surface area (Å²) in [4.78, 5) is 36.2. The van der Waals surface area contributed by atoms with Crippen LogP contribution >= 0.6 is 0 Å². The summed E-state index contributed by atoms with van der Waals surface area (Å²) in [5.41, 5.74) is 3.94. The fourth-order valence-corrected chi connectivity index (χ4v) is 5.10. The monoisotopic (exact) mass is 598 g/mol. The number of methoxy groups -OCH3 is 1. The summed E-state index contributed by atoms with van der Waals surface area (Å²) < 4.78 is 27.3. The van der Waals surface area contributed by atoms with Crippen LogP contribution in [0, 0.1) is 20.8 Å². The lowest BCUT2D eigenvalue weighted by molar-refractivity contribution is -0.145. The van der Waals surface area contributed by atoms with Crippen molar-refractivity contribution in [2.24, 2.45) is 0 Å². The van der Waals surface area contributed by atoms with Gasteiger partial charge in [0.2, 0.25) is 0 Å². The topological polar surface area (TPSA) is 97.4 Å². The average molecular weight is 599 g/mol. The first-order valence-electron chi connectivity index (χ1n) is 15.5. The fraction of sp³-hybridized carbons (Fsp3) is 0.571. The second-order valence-corrected chi connectivity index (χ2v) is 11.0. The molecule has 8 nitrogen and oxygen atoms in total. The number of benzene rings is 1. The number of cyclic esters (lactones) is 1. The van der Waals surface area contributed by atoms with Crippen molar-refractivity contribution >= 4 is 17.9 Å². The number of hydrogen-bond donors (Lipinski definition) is 0. The highest BCUT2D eigenvalue weighted by molar-refractivity contribution is 5.98. The SMILES string of the molecule is [CH2]C([CH2])OC(=O)CCCCCCCCCCCOC(=O)CC/C(C)=C/Cc1c(OC)c(C)c2c(c1OCC=C)C(=O)OC2. The fourth-order valence-electron chi connectivity index (χ4n) is 5.10. The first kappa shape index (κ1) is 35.9. The molecule has 0 saturated carbocycles. The van der Waals surface area contributed by atoms with Gasteiger partial charge in [0, 0.05) is 24.0 Å². The largest absolute Gasteiger partial charge is 0.496 e. The van der Waals surface area contributed by atoms with Crippen LogP contribution in [0.1, 0.15) is 111 Å². The van der Waals surface area contributed by atoms with Gasteiger partial charge in [-0.3, -0.25) is 9.59 Å². The zero-order valence-electron chi connectivity index (χ0n) is 26.4. The van der Waals surface area contributed by atoms with E-state index in [9.17, 15) is 14.4 Å². The quantitative estimate of drug-likeness (QED) is 0.0585. The van der Waals surface area contributed by atoms with Gasteiger partial charge in [-0.2, -0.15) is 0 Å². The third-order valence-electron chi connectivity index (χ3n) is 7.44. The Bertz CT molecular complexity index is 1100. The second kappa shape index (κ2) is 19.8. The van der Waals surface area contributed by atoms with E-state index in [1.807, 2.05) is 19.9 Å². The summed E-state index contributed by atoms with van der Waals surface area (Å²) in [7, 11) is 1.61. The summed E-state index contributed by atoms with van der Waals surface area (Å²) in [6.07, 6.45) is 14.5. The molecular formula is C35H50O8. The van der Waals surface area contributed by atoms with Crippen molar-refractivity contribution < 1.29 is 38.1 Å². The van der Waals surface area contributed by atoms with Gasteiger partial charge in [-0.15, -0.1) is 0 Å². The molecule has 8 heteroatoms. The van der Waals surface area contributed by atoms with Gasteiger partial charge in [0.15, 0.2) is 0 Å². The number of allylic oxidation sites excluding steroid dienone is 2. The molecule has 0 N–H and O–H groups in total. The summed E-state index contributed by atoms with van der Waals surface area (Å²) in [6.45, 7) is 15.6. The Labute approximate surface area is 258 Å². The van der Waals surface area contributed by atoms with Crippen LogP contribution in [0.3, 0.4) is 0 Å². The molecule has 0 bridgehead atoms. The van der Waals surface area contributed by atoms with Gasteiger partial charge in [0.05, 0.1) is 13.7 Å². The van der Waals surface area contributed by atoms with Crippen molar-refractivity contribution in [1.29, 1.82) is 0 Å². The number of ether oxygens (including phenoxy) is 5. The molecule has 1 aliphatic rings. The van der Waals surface area contributed by atoms with Crippen LogP contribution in [0.4, 0.5) is 0 Å². The van der Waals surface area contributed by atoms with E-state index in [-0.39, 0.29) is 25.2 Å². The van der Waals surface area contributed by atoms with Crippen molar-refractivity contribution in [2.75, 3.05) is 20.3 Å². The molecule has 1 heterocycles. The molecule has 0 amide bonds. The number of esters is 3. The van der Waals surface area contributed by atoms with Gasteiger partial charge in [-0.05, 0) is 58.9 Å². The molecule has 0 saturated heterocycles. The highest BCUT2D eigenvalue weighted by atomic mass is 16.5. The lowest BCUT2D eigenvalue weighted by Gasteiger charge is -2.19. The third kappa shape index (κ3) is 12.5. The van der Waals surface area contributed by atoms with E-state index in [1.165, 1.54) is 19.3 Å². The number of hydrogen-bond acceptors (Lipinski definition) is 8. The van der Waals surface area contributed by atoms with Gasteiger partial charge >= 0.3 is 17.9 Å². The molecule has 43 heavy (non-hydrogen) atoms. The first-order valence-corrected chi connectivity index (χ1v) is 15.5. The molecule has 0 fully saturated rings. The van der Waals surface area contributed by atoms with E-state index < -0.39 is 12.1 Å². The van der Waals surface area contributed by atoms with Crippen LogP contribution in [-0.2, 0) is 36.8 Å². The van der Waals surface area contributed by atoms with E-state index in [4.69, 9.17) is 23.7 Å². The molecule has 2 radical (unpaired) electrons. The van der Waals surface area contributed by atoms with Crippen molar-refractivity contribution in [2.45, 2.75) is 110 Å². The van der Waals surface area contributed by atoms with Gasteiger partial charge in [0.1, 0.15) is 36.4 Å². The Balaban J connectivity index is 1.66. The Kier molecular flexibility index (Phi) is 16.5. The van der Waals surface area contributed by atoms with Crippen LogP contribution in [0.5, 0.6) is 11.5 Å². The molecule has 0 spiro atoms. The Morgan fingerprint density at radius 2 is 1.58 bits per heavy atom. The summed E-state index contributed by atoms with van der Waals surface area (Å²) in [5.74, 6) is 0.345. The predicted octanol–water partition coefficient (Wildman–Crippen LogP) is 7.53. The molecule has 1 aromatic rings. The predicted molar refractivity (Wildman–Crippen MR) is 167 cm³/mol. The maximum absolute atomic E-state index is 12.5. The maximum atomic E-state index is 12.5. The molecule has 0 unspecified atom stereocenters. The Morgan fingerprint density at radius 3 is 2.21 bits per heavy atom. The van der Waals surface area contributed by atoms with E-state index in [1.54, 1.807) is 13.2 Å². The molecule has 238 valence electrons. The smallest absolute Gasteiger partial charge is 0.342 e. The summed E-state index contributed by atoms with van der Waals surface area (Å²) >= 11 is 0. The second-order valence-electron chi connectivity index (χ2n) is 11.0. The zero-order valence-corrected chi connectivity index (χ0v) is 26.4. The summed E-state index contributed by atoms with van der Waals surface area (Å²) in [5, 5.41) is 0. The highest BCUT2D eigenvalue weighted by Crippen LogP contribution is 2.43. The van der Waals surface area contributed by atoms with Gasteiger partial charge < -0.3 is 23.7 Å². The average Bonchev–Trinajstić information content (AvgIpc) is 3.36. The van der Waals surface area contributed by atoms with Crippen molar-refractivity contribution in [1.82, 2.24) is 0 Å². The van der Waals surface area contributed by atoms with E-state index in [0.717, 1.165) is 60.8 Å². The minimum absolute atomic E-state index is 0.193. The number of rotatable bonds is 22. The van der Waals surface area contributed by atoms with Crippen LogP contribution < -0.4 is 9.47 Å². The standard InChI is InChI=1S/C35H50O8/c1-7-22-41-34-28(33(39-6)27(5)29-24-42-35(38)32(29)34)20-18-26(4)19-21-30(36)40-23-16-14-12-10-8-9-11-13-15-17-31(37)43-25(2)3/h7,18,25H,1-3,8-17,19-24H2,4-6H3/b26-18+. The molecule has 2 rings (SSSR count). The van der Waals surface area contributed by atoms with E-state index >= 15 is 0 Å². The number of fused-ring (bicyclic) bond motifs is 1. The van der Waals surface area contributed by atoms with Gasteiger partial charge in [0.25, 0.3) is 0 Å². The number of carbonyl (C=O) groups excluding carboxylic acids is 3. The normalized spacial score (nSPS) is 12.6. The van der Waals surface area contributed by atoms with Crippen LogP contribution in [0.15, 0.2) is 24.3 Å². The molecule has 0 aliphatic carbocycles. The zero-order chi connectivity index (χ0) is 31.6. The first-order chi connectivity index (χ1) is 20.7. The number of carbonyl (C=O) groups is 3. The summed E-state index contributed by atoms with van der Waals surface area (Å²) in [6, 6.07) is 0. The molecule has 0 atom stereocenters. The highest BCUT2D eigenvalue weighted by Gasteiger charge is 2.33. The van der Waals surface area contributed by atoms with Crippen molar-refractivity contribution in [3.63, 3.8) is 0 Å². The van der Waals surface area contributed by atoms with Crippen LogP contribution in [0.2, 0.25) is 0 Å². The minimum atomic E-state index is -0.534.